The number of rotatable bonds is 21. The molecule has 2 aromatic heterocycles. The second-order valence-corrected chi connectivity index (χ2v) is 24.8. The van der Waals surface area contributed by atoms with Crippen molar-refractivity contribution < 1.29 is 38.8 Å². The molecule has 89 heavy (non-hydrogen) atoms. The molecule has 0 saturated carbocycles. The molecule has 1 fully saturated rings. The number of hydrazine groups is 1. The Hall–Kier alpha value is -7.22. The van der Waals surface area contributed by atoms with Crippen LogP contribution in [-0.2, 0) is 25.7 Å². The molecule has 4 aromatic carbocycles. The number of aliphatic hydroxyl groups excluding tert-OH is 4. The van der Waals surface area contributed by atoms with Crippen LogP contribution >= 0.6 is 0 Å². The number of carbonyl (C=O) groups is 2. The molecule has 3 aliphatic rings. The number of hydrogen-bond acceptors (Lipinski definition) is 11. The van der Waals surface area contributed by atoms with Crippen LogP contribution in [0.25, 0.3) is 56.9 Å². The Kier molecular flexibility index (Phi) is 24.3. The molecule has 6 aromatic rings. The maximum Gasteiger partial charge on any atom is 0.333 e. The molecule has 8 N–H and O–H groups in total. The Balaban J connectivity index is 0.000000230. The third kappa shape index (κ3) is 18.2. The number of anilines is 2. The maximum atomic E-state index is 14.1. The van der Waals surface area contributed by atoms with E-state index in [0.29, 0.717) is 19.4 Å². The van der Waals surface area contributed by atoms with Gasteiger partial charge >= 0.3 is 12.1 Å². The Bertz CT molecular complexity index is 3420. The van der Waals surface area contributed by atoms with Crippen LogP contribution in [0.2, 0.25) is 0 Å². The van der Waals surface area contributed by atoms with Crippen LogP contribution in [-0.4, -0.2) is 142 Å². The van der Waals surface area contributed by atoms with Crippen LogP contribution in [0.4, 0.5) is 29.7 Å². The summed E-state index contributed by atoms with van der Waals surface area (Å²) in [7, 11) is 6.10. The van der Waals surface area contributed by atoms with Gasteiger partial charge in [-0.15, -0.1) is 0 Å². The van der Waals surface area contributed by atoms with E-state index in [4.69, 9.17) is 9.97 Å². The van der Waals surface area contributed by atoms with Crippen molar-refractivity contribution in [1.82, 2.24) is 35.5 Å². The topological polar surface area (TPSA) is 199 Å². The maximum absolute atomic E-state index is 14.1. The summed E-state index contributed by atoms with van der Waals surface area (Å²) in [5.74, 6) is -0.461. The van der Waals surface area contributed by atoms with Crippen molar-refractivity contribution in [2.24, 2.45) is 0 Å². The smallest absolute Gasteiger partial charge is 0.333 e. The van der Waals surface area contributed by atoms with Crippen LogP contribution < -0.4 is 21.4 Å². The van der Waals surface area contributed by atoms with Gasteiger partial charge in [0.1, 0.15) is 11.6 Å². The standard InChI is InChI=1S/C36H46FN5O3.C36H47FN4O3/c1-5-28(43)22-29(44)14-16-32-33(24-9-11-26(37)12-10-24)31-8-6-7-25-21-27(13-15-30(25)35(31)39-34(32)23(2)3)38-36(45)40-42-19-17-41(4)18-20-42;1-6-28(42)22-29(43)16-18-32-33(24-11-13-26(37)14-12-24)31-10-7-9-25-21-27(39-36(44)38-19-8-20-41(4)5)15-17-30(25)35(31)40-34(32)23(2)3/h9-16,21,23,28-29,43-44H,5-8,17-20,22H2,1-4H3,(H2,38,40,45);11-18,21,23,28-29,42-43H,6-10,19-20,22H2,1-5H3,(H2,38,39,44)/b16-14+;18-16+/t2*28-,29+/m00/s1. The molecule has 9 rings (SSSR count). The zero-order valence-corrected chi connectivity index (χ0v) is 53.5. The number of benzene rings is 4. The highest BCUT2D eigenvalue weighted by molar-refractivity contribution is 5.92. The van der Waals surface area contributed by atoms with Crippen molar-refractivity contribution in [3.63, 3.8) is 0 Å². The molecule has 15 nitrogen and oxygen atoms in total. The van der Waals surface area contributed by atoms with Crippen molar-refractivity contribution in [1.29, 1.82) is 0 Å². The molecule has 0 radical (unpaired) electrons. The average molecular weight is 1220 g/mol. The lowest BCUT2D eigenvalue weighted by molar-refractivity contribution is 0.101. The minimum Gasteiger partial charge on any atom is -0.393 e. The quantitative estimate of drug-likeness (QED) is 0.0319. The summed E-state index contributed by atoms with van der Waals surface area (Å²) in [5, 5.41) is 52.4. The number of nitrogens with zero attached hydrogens (tertiary/aromatic N) is 5. The van der Waals surface area contributed by atoms with Crippen molar-refractivity contribution in [3.8, 4) is 44.8 Å². The molecular weight excluding hydrogens is 1120 g/mol. The van der Waals surface area contributed by atoms with Crippen LogP contribution in [0.15, 0.2) is 97.1 Å². The lowest BCUT2D eigenvalue weighted by Gasteiger charge is -2.32. The second kappa shape index (κ2) is 32.0. The molecule has 0 spiro atoms. The number of aliphatic hydroxyl groups is 4. The van der Waals surface area contributed by atoms with E-state index in [1.54, 1.807) is 24.3 Å². The van der Waals surface area contributed by atoms with Crippen molar-refractivity contribution >= 4 is 35.6 Å². The number of aromatic nitrogens is 2. The predicted octanol–water partition coefficient (Wildman–Crippen LogP) is 12.8. The number of urea groups is 2. The molecule has 476 valence electrons. The van der Waals surface area contributed by atoms with Gasteiger partial charge in [-0.05, 0) is 190 Å². The van der Waals surface area contributed by atoms with E-state index in [9.17, 15) is 38.8 Å². The molecule has 1 saturated heterocycles. The number of nitrogens with one attached hydrogen (secondary N) is 4. The number of amides is 4. The monoisotopic (exact) mass is 1220 g/mol. The minimum absolute atomic E-state index is 0.0680. The molecular formula is C72H93F2N9O6. The van der Waals surface area contributed by atoms with Gasteiger partial charge in [0.05, 0.1) is 47.2 Å². The summed E-state index contributed by atoms with van der Waals surface area (Å²) in [4.78, 5) is 40.2. The fourth-order valence-electron chi connectivity index (χ4n) is 11.9. The van der Waals surface area contributed by atoms with Gasteiger partial charge in [-0.3, -0.25) is 15.4 Å². The van der Waals surface area contributed by atoms with Crippen molar-refractivity contribution in [2.75, 3.05) is 71.0 Å². The Morgan fingerprint density at radius 1 is 0.618 bits per heavy atom. The van der Waals surface area contributed by atoms with E-state index in [1.807, 2.05) is 93.6 Å². The first-order valence-electron chi connectivity index (χ1n) is 31.9. The average Bonchev–Trinajstić information content (AvgIpc) is 1.83. The molecule has 3 heterocycles. The predicted molar refractivity (Wildman–Crippen MR) is 356 cm³/mol. The summed E-state index contributed by atoms with van der Waals surface area (Å²) in [5.41, 5.74) is 20.0. The molecule has 2 aliphatic carbocycles. The number of fused-ring (bicyclic) bond motifs is 6. The minimum atomic E-state index is -0.806. The SMILES string of the molecule is CC[C@H](O)C[C@H](O)/C=C/c1c(C(C)C)nc2c(c1-c1ccc(F)cc1)CCCc1cc(NC(=O)NCCCN(C)C)ccc1-2.CC[C@H](O)C[C@H](O)/C=C/c1c(C(C)C)nc2c(c1-c1ccc(F)cc1)CCCc1cc(NC(=O)NN3CCN(C)CC3)ccc1-2. The number of aryl methyl sites for hydroxylation is 2. The second-order valence-electron chi connectivity index (χ2n) is 24.8. The Morgan fingerprint density at radius 2 is 1.06 bits per heavy atom. The summed E-state index contributed by atoms with van der Waals surface area (Å²) >= 11 is 0. The highest BCUT2D eigenvalue weighted by Gasteiger charge is 2.29. The lowest BCUT2D eigenvalue weighted by Crippen LogP contribution is -2.53. The molecule has 17 heteroatoms. The van der Waals surface area contributed by atoms with E-state index < -0.39 is 24.4 Å². The van der Waals surface area contributed by atoms with E-state index in [0.717, 1.165) is 179 Å². The first kappa shape index (κ1) is 67.7. The largest absolute Gasteiger partial charge is 0.393 e. The van der Waals surface area contributed by atoms with E-state index in [-0.39, 0.29) is 48.4 Å². The van der Waals surface area contributed by atoms with Gasteiger partial charge in [-0.2, -0.15) is 0 Å². The molecule has 0 bridgehead atoms. The van der Waals surface area contributed by atoms with Gasteiger partial charge in [-0.25, -0.2) is 23.4 Å². The lowest BCUT2D eigenvalue weighted by atomic mass is 9.86. The Morgan fingerprint density at radius 3 is 1.47 bits per heavy atom. The van der Waals surface area contributed by atoms with E-state index in [2.05, 4.69) is 65.9 Å². The van der Waals surface area contributed by atoms with Crippen molar-refractivity contribution in [2.45, 2.75) is 148 Å². The van der Waals surface area contributed by atoms with Gasteiger partial charge < -0.3 is 46.2 Å². The third-order valence-corrected chi connectivity index (χ3v) is 16.8. The van der Waals surface area contributed by atoms with E-state index >= 15 is 0 Å². The third-order valence-electron chi connectivity index (χ3n) is 16.8. The first-order chi connectivity index (χ1) is 42.7. The van der Waals surface area contributed by atoms with Crippen LogP contribution in [0.5, 0.6) is 0 Å². The summed E-state index contributed by atoms with van der Waals surface area (Å²) in [6, 6.07) is 24.7. The highest BCUT2D eigenvalue weighted by Crippen LogP contribution is 2.45. The van der Waals surface area contributed by atoms with Crippen LogP contribution in [0, 0.1) is 11.6 Å². The number of hydrogen-bond donors (Lipinski definition) is 8. The van der Waals surface area contributed by atoms with Gasteiger partial charge in [0.25, 0.3) is 0 Å². The van der Waals surface area contributed by atoms with Crippen molar-refractivity contribution in [3.05, 3.63) is 153 Å². The zero-order chi connectivity index (χ0) is 63.9. The number of likely N-dealkylation sites (N-methyl/N-ethyl adjacent to an activating group) is 1. The van der Waals surface area contributed by atoms with Gasteiger partial charge in [0, 0.05) is 79.2 Å². The summed E-state index contributed by atoms with van der Waals surface area (Å²) < 4.78 is 28.1. The molecule has 1 aliphatic heterocycles. The van der Waals surface area contributed by atoms with Gasteiger partial charge in [-0.1, -0.05) is 102 Å². The molecule has 4 atom stereocenters. The fourth-order valence-corrected chi connectivity index (χ4v) is 11.9. The Labute approximate surface area is 525 Å². The summed E-state index contributed by atoms with van der Waals surface area (Å²) in [6.07, 6.45) is 12.0. The normalized spacial score (nSPS) is 15.7. The molecule has 0 unspecified atom stereocenters. The number of carbonyl (C=O) groups excluding carboxylic acids is 2. The van der Waals surface area contributed by atoms with E-state index in [1.165, 1.54) is 24.3 Å². The van der Waals surface area contributed by atoms with Gasteiger partial charge in [0.15, 0.2) is 0 Å². The number of halogens is 2. The first-order valence-corrected chi connectivity index (χ1v) is 31.9. The van der Waals surface area contributed by atoms with Gasteiger partial charge in [0.2, 0.25) is 0 Å². The number of piperazine rings is 1. The number of pyridine rings is 2. The summed E-state index contributed by atoms with van der Waals surface area (Å²) in [6.45, 7) is 17.0. The zero-order valence-electron chi connectivity index (χ0n) is 53.5. The van der Waals surface area contributed by atoms with Crippen LogP contribution in [0.1, 0.15) is 143 Å². The fraction of sp³-hybridized carbons (Fsp3) is 0.444. The highest BCUT2D eigenvalue weighted by atomic mass is 19.1. The molecule has 4 amide bonds. The van der Waals surface area contributed by atoms with Crippen LogP contribution in [0.3, 0.4) is 0 Å².